The molecule has 2 amide bonds. The lowest BCUT2D eigenvalue weighted by Crippen LogP contribution is -2.44. The van der Waals surface area contributed by atoms with Gasteiger partial charge in [0.1, 0.15) is 12.3 Å². The molecule has 3 aromatic carbocycles. The fraction of sp³-hybridized carbons (Fsp3) is 0.312. The zero-order valence-electron chi connectivity index (χ0n) is 23.7. The highest BCUT2D eigenvalue weighted by atomic mass is 16.6. The Kier molecular flexibility index (Phi) is 9.73. The van der Waals surface area contributed by atoms with Crippen LogP contribution in [0.2, 0.25) is 0 Å². The number of aromatic amines is 1. The average molecular weight is 557 g/mol. The Morgan fingerprint density at radius 3 is 2.46 bits per heavy atom. The van der Waals surface area contributed by atoms with E-state index in [0.29, 0.717) is 32.7 Å². The Morgan fingerprint density at radius 2 is 1.76 bits per heavy atom. The first kappa shape index (κ1) is 29.3. The number of nitro benzene ring substituents is 1. The molecule has 0 unspecified atom stereocenters. The van der Waals surface area contributed by atoms with Crippen LogP contribution in [0.15, 0.2) is 79.0 Å². The second-order valence-electron chi connectivity index (χ2n) is 10.4. The number of carbonyl (C=O) groups excluding carboxylic acids is 2. The van der Waals surface area contributed by atoms with Gasteiger partial charge in [-0.1, -0.05) is 50.2 Å². The molecule has 0 bridgehead atoms. The largest absolute Gasteiger partial charge is 0.494 e. The van der Waals surface area contributed by atoms with Crippen LogP contribution in [0.5, 0.6) is 5.75 Å². The van der Waals surface area contributed by atoms with E-state index in [9.17, 15) is 19.7 Å². The number of ether oxygens (including phenoxy) is 1. The molecule has 0 spiro atoms. The fourth-order valence-electron chi connectivity index (χ4n) is 4.82. The van der Waals surface area contributed by atoms with Gasteiger partial charge in [0.15, 0.2) is 0 Å². The van der Waals surface area contributed by atoms with Crippen LogP contribution in [0.3, 0.4) is 0 Å². The van der Waals surface area contributed by atoms with Crippen molar-refractivity contribution in [2.24, 2.45) is 5.92 Å². The van der Waals surface area contributed by atoms with E-state index in [1.165, 1.54) is 23.1 Å². The summed E-state index contributed by atoms with van der Waals surface area (Å²) in [5, 5.41) is 12.4. The number of nitrogens with one attached hydrogen (secondary N) is 1. The number of amides is 2. The third kappa shape index (κ3) is 7.72. The molecule has 0 saturated carbocycles. The molecule has 0 radical (unpaired) electrons. The van der Waals surface area contributed by atoms with Crippen LogP contribution >= 0.6 is 0 Å². The van der Waals surface area contributed by atoms with Crippen LogP contribution in [0.4, 0.5) is 5.69 Å². The summed E-state index contributed by atoms with van der Waals surface area (Å²) < 4.78 is 5.56. The number of fused-ring (bicyclic) bond motifs is 1. The van der Waals surface area contributed by atoms with E-state index in [1.54, 1.807) is 11.0 Å². The third-order valence-corrected chi connectivity index (χ3v) is 6.79. The second-order valence-corrected chi connectivity index (χ2v) is 10.4. The number of hydrogen-bond donors (Lipinski definition) is 1. The van der Waals surface area contributed by atoms with Crippen LogP contribution in [0, 0.1) is 16.0 Å². The first-order chi connectivity index (χ1) is 19.7. The van der Waals surface area contributed by atoms with Crippen molar-refractivity contribution in [1.29, 1.82) is 0 Å². The van der Waals surface area contributed by atoms with Gasteiger partial charge in [0, 0.05) is 54.4 Å². The predicted octanol–water partition coefficient (Wildman–Crippen LogP) is 5.84. The number of hydrogen-bond acceptors (Lipinski definition) is 5. The molecule has 4 rings (SSSR count). The van der Waals surface area contributed by atoms with E-state index in [2.05, 4.69) is 11.1 Å². The van der Waals surface area contributed by atoms with Gasteiger partial charge in [0.2, 0.25) is 5.91 Å². The molecule has 0 saturated heterocycles. The summed E-state index contributed by atoms with van der Waals surface area (Å²) in [6, 6.07) is 21.3. The zero-order chi connectivity index (χ0) is 29.4. The lowest BCUT2D eigenvalue weighted by atomic mass is 10.1. The number of nitrogens with zero attached hydrogens (tertiary/aromatic N) is 3. The van der Waals surface area contributed by atoms with E-state index in [4.69, 9.17) is 4.74 Å². The van der Waals surface area contributed by atoms with Gasteiger partial charge in [-0.25, -0.2) is 0 Å². The molecule has 9 heteroatoms. The Labute approximate surface area is 239 Å². The summed E-state index contributed by atoms with van der Waals surface area (Å²) in [5.74, 6) is 0.251. The maximum Gasteiger partial charge on any atom is 0.270 e. The normalized spacial score (nSPS) is 11.0. The zero-order valence-corrected chi connectivity index (χ0v) is 23.7. The molecule has 0 atom stereocenters. The van der Waals surface area contributed by atoms with Crippen LogP contribution in [0.1, 0.15) is 42.3 Å². The first-order valence-electron chi connectivity index (χ1n) is 13.8. The van der Waals surface area contributed by atoms with E-state index in [0.717, 1.165) is 27.8 Å². The number of non-ortho nitro benzene ring substituents is 1. The van der Waals surface area contributed by atoms with Gasteiger partial charge in [-0.3, -0.25) is 19.7 Å². The Morgan fingerprint density at radius 1 is 1.00 bits per heavy atom. The van der Waals surface area contributed by atoms with E-state index in [1.807, 2.05) is 69.4 Å². The fourth-order valence-corrected chi connectivity index (χ4v) is 4.82. The highest BCUT2D eigenvalue weighted by Gasteiger charge is 2.24. The number of benzene rings is 3. The van der Waals surface area contributed by atoms with Crippen molar-refractivity contribution < 1.29 is 19.2 Å². The predicted molar refractivity (Wildman–Crippen MR) is 159 cm³/mol. The van der Waals surface area contributed by atoms with E-state index in [-0.39, 0.29) is 29.6 Å². The minimum Gasteiger partial charge on any atom is -0.494 e. The topological polar surface area (TPSA) is 109 Å². The number of nitro groups is 1. The number of aromatic nitrogens is 1. The molecule has 1 aromatic heterocycles. The molecule has 9 nitrogen and oxygen atoms in total. The molecular weight excluding hydrogens is 520 g/mol. The van der Waals surface area contributed by atoms with Crippen LogP contribution in [-0.4, -0.2) is 57.8 Å². The molecule has 41 heavy (non-hydrogen) atoms. The smallest absolute Gasteiger partial charge is 0.270 e. The van der Waals surface area contributed by atoms with Crippen molar-refractivity contribution in [2.45, 2.75) is 33.7 Å². The summed E-state index contributed by atoms with van der Waals surface area (Å²) in [6.07, 6.45) is 2.61. The molecule has 0 fully saturated rings. The summed E-state index contributed by atoms with van der Waals surface area (Å²) in [6.45, 7) is 7.45. The molecular formula is C32H36N4O5. The molecule has 1 N–H and O–H groups in total. The second kappa shape index (κ2) is 13.6. The number of para-hydroxylation sites is 1. The van der Waals surface area contributed by atoms with Crippen molar-refractivity contribution in [1.82, 2.24) is 14.8 Å². The molecule has 4 aromatic rings. The first-order valence-corrected chi connectivity index (χ1v) is 13.8. The van der Waals surface area contributed by atoms with Crippen LogP contribution in [0.25, 0.3) is 10.9 Å². The summed E-state index contributed by atoms with van der Waals surface area (Å²) in [7, 11) is 0. The Hall–Kier alpha value is -4.66. The van der Waals surface area contributed by atoms with Crippen molar-refractivity contribution >= 4 is 28.4 Å². The van der Waals surface area contributed by atoms with Gasteiger partial charge in [0.25, 0.3) is 11.6 Å². The molecule has 0 aliphatic carbocycles. The van der Waals surface area contributed by atoms with E-state index < -0.39 is 10.8 Å². The van der Waals surface area contributed by atoms with Gasteiger partial charge in [-0.05, 0) is 54.7 Å². The van der Waals surface area contributed by atoms with Crippen molar-refractivity contribution in [3.8, 4) is 5.75 Å². The quantitative estimate of drug-likeness (QED) is 0.164. The molecule has 0 aliphatic heterocycles. The number of H-pyrrole nitrogens is 1. The maximum atomic E-state index is 13.8. The lowest BCUT2D eigenvalue weighted by molar-refractivity contribution is -0.384. The summed E-state index contributed by atoms with van der Waals surface area (Å²) >= 11 is 0. The van der Waals surface area contributed by atoms with Crippen LogP contribution in [-0.2, 0) is 17.8 Å². The standard InChI is InChI=1S/C32H36N4O5/c1-4-41-28-14-12-24(13-15-28)21-34(17-16-26-19-33-30-11-6-5-10-29(26)30)31(37)22-35(20-23(2)3)32(38)25-8-7-9-27(18-25)36(39)40/h5-15,18-19,23,33H,4,16-17,20-22H2,1-3H3. The van der Waals surface area contributed by atoms with Crippen molar-refractivity contribution in [3.63, 3.8) is 0 Å². The number of rotatable bonds is 13. The Balaban J connectivity index is 1.57. The monoisotopic (exact) mass is 556 g/mol. The molecule has 214 valence electrons. The average Bonchev–Trinajstić information content (AvgIpc) is 3.38. The third-order valence-electron chi connectivity index (χ3n) is 6.79. The van der Waals surface area contributed by atoms with Gasteiger partial charge in [-0.15, -0.1) is 0 Å². The van der Waals surface area contributed by atoms with Gasteiger partial charge >= 0.3 is 0 Å². The van der Waals surface area contributed by atoms with Crippen LogP contribution < -0.4 is 4.74 Å². The minimum absolute atomic E-state index is 0.0937. The van der Waals surface area contributed by atoms with Gasteiger partial charge in [0.05, 0.1) is 11.5 Å². The maximum absolute atomic E-state index is 13.8. The highest BCUT2D eigenvalue weighted by molar-refractivity contribution is 5.97. The molecule has 1 heterocycles. The number of carbonyl (C=O) groups is 2. The van der Waals surface area contributed by atoms with Crippen molar-refractivity contribution in [2.75, 3.05) is 26.2 Å². The Bertz CT molecular complexity index is 1500. The highest BCUT2D eigenvalue weighted by Crippen LogP contribution is 2.20. The minimum atomic E-state index is -0.530. The SMILES string of the molecule is CCOc1ccc(CN(CCc2c[nH]c3ccccc23)C(=O)CN(CC(C)C)C(=O)c2cccc([N+](=O)[O-])c2)cc1. The van der Waals surface area contributed by atoms with Gasteiger partial charge < -0.3 is 19.5 Å². The van der Waals surface area contributed by atoms with E-state index >= 15 is 0 Å². The lowest BCUT2D eigenvalue weighted by Gasteiger charge is -2.29. The van der Waals surface area contributed by atoms with Crippen molar-refractivity contribution in [3.05, 3.63) is 106 Å². The van der Waals surface area contributed by atoms with Gasteiger partial charge in [-0.2, -0.15) is 0 Å². The summed E-state index contributed by atoms with van der Waals surface area (Å²) in [4.78, 5) is 44.6. The molecule has 0 aliphatic rings. The summed E-state index contributed by atoms with van der Waals surface area (Å²) in [5.41, 5.74) is 3.11.